The van der Waals surface area contributed by atoms with E-state index < -0.39 is 0 Å². The van der Waals surface area contributed by atoms with Crippen LogP contribution in [-0.4, -0.2) is 16.7 Å². The van der Waals surface area contributed by atoms with Crippen molar-refractivity contribution in [3.63, 3.8) is 0 Å². The number of nitrogens with zero attached hydrogens (tertiary/aromatic N) is 2. The molecule has 0 fully saturated rings. The Bertz CT molecular complexity index is 523. The van der Waals surface area contributed by atoms with Crippen LogP contribution in [0.2, 0.25) is 0 Å². The molecule has 96 valence electrons. The molecule has 0 saturated carbocycles. The van der Waals surface area contributed by atoms with Crippen molar-refractivity contribution in [2.24, 2.45) is 5.73 Å². The molecular formula is C13H17N3O2. The summed E-state index contributed by atoms with van der Waals surface area (Å²) < 4.78 is 10.8. The summed E-state index contributed by atoms with van der Waals surface area (Å²) in [6.07, 6.45) is 0.701. The van der Waals surface area contributed by atoms with Gasteiger partial charge in [-0.1, -0.05) is 5.16 Å². The number of hydrogen-bond donors (Lipinski definition) is 1. The highest BCUT2D eigenvalue weighted by atomic mass is 16.5. The van der Waals surface area contributed by atoms with Crippen LogP contribution < -0.4 is 10.5 Å². The zero-order chi connectivity index (χ0) is 13.0. The van der Waals surface area contributed by atoms with E-state index in [1.54, 1.807) is 0 Å². The molecule has 2 heterocycles. The molecule has 18 heavy (non-hydrogen) atoms. The maximum atomic E-state index is 5.69. The molecule has 0 aliphatic carbocycles. The van der Waals surface area contributed by atoms with Gasteiger partial charge in [-0.3, -0.25) is 4.98 Å². The molecule has 0 spiro atoms. The first-order chi connectivity index (χ1) is 8.69. The fourth-order valence-corrected chi connectivity index (χ4v) is 1.68. The van der Waals surface area contributed by atoms with Gasteiger partial charge in [-0.05, 0) is 32.5 Å². The van der Waals surface area contributed by atoms with E-state index >= 15 is 0 Å². The van der Waals surface area contributed by atoms with E-state index in [9.17, 15) is 0 Å². The summed E-state index contributed by atoms with van der Waals surface area (Å²) in [5.41, 5.74) is 8.25. The Morgan fingerprint density at radius 3 is 2.78 bits per heavy atom. The predicted molar refractivity (Wildman–Crippen MR) is 67.3 cm³/mol. The monoisotopic (exact) mass is 247 g/mol. The number of aryl methyl sites for hydroxylation is 2. The molecule has 5 nitrogen and oxygen atoms in total. The summed E-state index contributed by atoms with van der Waals surface area (Å²) in [5.74, 6) is 1.45. The lowest BCUT2D eigenvalue weighted by Crippen LogP contribution is -2.07. The first-order valence-electron chi connectivity index (χ1n) is 5.90. The van der Waals surface area contributed by atoms with Crippen molar-refractivity contribution < 1.29 is 9.26 Å². The maximum absolute atomic E-state index is 5.69. The molecule has 0 saturated heterocycles. The van der Waals surface area contributed by atoms with Crippen LogP contribution in [0, 0.1) is 13.8 Å². The first kappa shape index (κ1) is 12.6. The number of rotatable bonds is 5. The van der Waals surface area contributed by atoms with Crippen LogP contribution in [0.15, 0.2) is 22.7 Å². The fraction of sp³-hybridized carbons (Fsp3) is 0.385. The van der Waals surface area contributed by atoms with Crippen LogP contribution in [0.3, 0.4) is 0 Å². The SMILES string of the molecule is Cc1cc(COc2ccc(C)nc2CCN)on1. The van der Waals surface area contributed by atoms with Gasteiger partial charge in [-0.2, -0.15) is 0 Å². The van der Waals surface area contributed by atoms with E-state index in [2.05, 4.69) is 10.1 Å². The average Bonchev–Trinajstić information content (AvgIpc) is 2.75. The standard InChI is InChI=1S/C13H17N3O2/c1-9-3-4-13(12(15-9)5-6-14)17-8-11-7-10(2)16-18-11/h3-4,7H,5-6,8,14H2,1-2H3. The molecule has 5 heteroatoms. The van der Waals surface area contributed by atoms with E-state index in [0.717, 1.165) is 22.8 Å². The van der Waals surface area contributed by atoms with Gasteiger partial charge in [-0.15, -0.1) is 0 Å². The van der Waals surface area contributed by atoms with Gasteiger partial charge in [0.05, 0.1) is 11.4 Å². The third-order valence-corrected chi connectivity index (χ3v) is 2.50. The Kier molecular flexibility index (Phi) is 3.94. The van der Waals surface area contributed by atoms with Gasteiger partial charge in [-0.25, -0.2) is 0 Å². The van der Waals surface area contributed by atoms with E-state index in [-0.39, 0.29) is 0 Å². The summed E-state index contributed by atoms with van der Waals surface area (Å²) in [4.78, 5) is 4.43. The largest absolute Gasteiger partial charge is 0.484 e. The second kappa shape index (κ2) is 5.64. The minimum absolute atomic E-state index is 0.350. The minimum Gasteiger partial charge on any atom is -0.484 e. The van der Waals surface area contributed by atoms with Crippen LogP contribution in [0.5, 0.6) is 5.75 Å². The van der Waals surface area contributed by atoms with E-state index in [4.69, 9.17) is 15.0 Å². The third-order valence-electron chi connectivity index (χ3n) is 2.50. The first-order valence-corrected chi connectivity index (χ1v) is 5.90. The molecule has 0 amide bonds. The molecule has 0 aliphatic heterocycles. The summed E-state index contributed by atoms with van der Waals surface area (Å²) >= 11 is 0. The zero-order valence-corrected chi connectivity index (χ0v) is 10.6. The molecule has 2 aromatic heterocycles. The third kappa shape index (κ3) is 3.07. The van der Waals surface area contributed by atoms with Crippen molar-refractivity contribution in [2.45, 2.75) is 26.9 Å². The van der Waals surface area contributed by atoms with E-state index in [0.29, 0.717) is 25.3 Å². The van der Waals surface area contributed by atoms with Crippen molar-refractivity contribution in [2.75, 3.05) is 6.54 Å². The Hall–Kier alpha value is -1.88. The second-order valence-electron chi connectivity index (χ2n) is 4.16. The quantitative estimate of drug-likeness (QED) is 0.871. The normalized spacial score (nSPS) is 10.6. The molecule has 0 radical (unpaired) electrons. The van der Waals surface area contributed by atoms with Crippen molar-refractivity contribution >= 4 is 0 Å². The number of hydrogen-bond acceptors (Lipinski definition) is 5. The topological polar surface area (TPSA) is 74.2 Å². The van der Waals surface area contributed by atoms with Crippen molar-refractivity contribution in [1.29, 1.82) is 0 Å². The highest BCUT2D eigenvalue weighted by molar-refractivity contribution is 5.29. The summed E-state index contributed by atoms with van der Waals surface area (Å²) in [6.45, 7) is 4.72. The number of nitrogens with two attached hydrogens (primary N) is 1. The van der Waals surface area contributed by atoms with Gasteiger partial charge >= 0.3 is 0 Å². The van der Waals surface area contributed by atoms with E-state index in [1.165, 1.54) is 0 Å². The van der Waals surface area contributed by atoms with E-state index in [1.807, 2.05) is 32.0 Å². The molecule has 0 aromatic carbocycles. The van der Waals surface area contributed by atoms with Crippen LogP contribution in [0.1, 0.15) is 22.8 Å². The highest BCUT2D eigenvalue weighted by Gasteiger charge is 2.07. The molecule has 2 rings (SSSR count). The van der Waals surface area contributed by atoms with Crippen molar-refractivity contribution in [3.8, 4) is 5.75 Å². The van der Waals surface area contributed by atoms with Crippen LogP contribution in [0.4, 0.5) is 0 Å². The molecule has 0 unspecified atom stereocenters. The highest BCUT2D eigenvalue weighted by Crippen LogP contribution is 2.19. The van der Waals surface area contributed by atoms with Gasteiger partial charge < -0.3 is 15.0 Å². The lowest BCUT2D eigenvalue weighted by molar-refractivity contribution is 0.246. The molecule has 2 N–H and O–H groups in total. The Morgan fingerprint density at radius 1 is 1.28 bits per heavy atom. The van der Waals surface area contributed by atoms with Crippen LogP contribution in [0.25, 0.3) is 0 Å². The molecule has 0 atom stereocenters. The average molecular weight is 247 g/mol. The summed E-state index contributed by atoms with van der Waals surface area (Å²) in [7, 11) is 0. The molecule has 0 aliphatic rings. The smallest absolute Gasteiger partial charge is 0.174 e. The van der Waals surface area contributed by atoms with Crippen molar-refractivity contribution in [3.05, 3.63) is 41.0 Å². The van der Waals surface area contributed by atoms with Gasteiger partial charge in [0.2, 0.25) is 0 Å². The summed E-state index contributed by atoms with van der Waals surface area (Å²) in [6, 6.07) is 5.68. The minimum atomic E-state index is 0.350. The van der Waals surface area contributed by atoms with Crippen molar-refractivity contribution in [1.82, 2.24) is 10.1 Å². The molecule has 2 aromatic rings. The van der Waals surface area contributed by atoms with Gasteiger partial charge in [0.1, 0.15) is 12.4 Å². The number of ether oxygens (including phenoxy) is 1. The number of aromatic nitrogens is 2. The summed E-state index contributed by atoms with van der Waals surface area (Å²) in [5, 5.41) is 3.81. The van der Waals surface area contributed by atoms with Crippen LogP contribution in [-0.2, 0) is 13.0 Å². The van der Waals surface area contributed by atoms with Gasteiger partial charge in [0, 0.05) is 18.2 Å². The lowest BCUT2D eigenvalue weighted by atomic mass is 10.2. The molecule has 0 bridgehead atoms. The predicted octanol–water partition coefficient (Wildman–Crippen LogP) is 1.77. The van der Waals surface area contributed by atoms with Gasteiger partial charge in [0.15, 0.2) is 5.76 Å². The Labute approximate surface area is 106 Å². The Balaban J connectivity index is 2.08. The van der Waals surface area contributed by atoms with Gasteiger partial charge in [0.25, 0.3) is 0 Å². The van der Waals surface area contributed by atoms with Crippen LogP contribution >= 0.6 is 0 Å². The fourth-order valence-electron chi connectivity index (χ4n) is 1.68. The maximum Gasteiger partial charge on any atom is 0.174 e. The molecular weight excluding hydrogens is 230 g/mol. The second-order valence-corrected chi connectivity index (χ2v) is 4.16. The lowest BCUT2D eigenvalue weighted by Gasteiger charge is -2.09. The Morgan fingerprint density at radius 2 is 2.11 bits per heavy atom. The number of pyridine rings is 1. The zero-order valence-electron chi connectivity index (χ0n) is 10.6.